The van der Waals surface area contributed by atoms with Crippen LogP contribution in [0.4, 0.5) is 15.8 Å². The smallest absolute Gasteiger partial charge is 0.257 e. The highest BCUT2D eigenvalue weighted by Crippen LogP contribution is 2.30. The van der Waals surface area contributed by atoms with Crippen molar-refractivity contribution in [1.82, 2.24) is 0 Å². The summed E-state index contributed by atoms with van der Waals surface area (Å²) in [7, 11) is 0. The molecule has 0 atom stereocenters. The predicted octanol–water partition coefficient (Wildman–Crippen LogP) is 6.29. The first kappa shape index (κ1) is 20.1. The third-order valence-electron chi connectivity index (χ3n) is 3.79. The Morgan fingerprint density at radius 2 is 1.11 bits per heavy atom. The fourth-order valence-electron chi connectivity index (χ4n) is 2.42. The molecule has 0 saturated carbocycles. The van der Waals surface area contributed by atoms with Gasteiger partial charge in [0.2, 0.25) is 0 Å². The normalized spacial score (nSPS) is 10.4. The van der Waals surface area contributed by atoms with Crippen molar-refractivity contribution in [3.63, 3.8) is 0 Å². The van der Waals surface area contributed by atoms with Gasteiger partial charge < -0.3 is 10.6 Å². The van der Waals surface area contributed by atoms with Crippen LogP contribution in [0.5, 0.6) is 0 Å². The Labute approximate surface area is 175 Å². The second-order valence-corrected chi connectivity index (χ2v) is 6.90. The number of hydrogen-bond donors (Lipinski definition) is 2. The van der Waals surface area contributed by atoms with Gasteiger partial charge in [0.25, 0.3) is 11.8 Å². The first-order chi connectivity index (χ1) is 13.4. The van der Waals surface area contributed by atoms with E-state index in [1.807, 2.05) is 0 Å². The van der Waals surface area contributed by atoms with E-state index in [-0.39, 0.29) is 37.6 Å². The van der Waals surface area contributed by atoms with Gasteiger partial charge in [0.1, 0.15) is 5.82 Å². The van der Waals surface area contributed by atoms with E-state index in [1.54, 1.807) is 36.4 Å². The van der Waals surface area contributed by atoms with Gasteiger partial charge in [-0.3, -0.25) is 9.59 Å². The lowest BCUT2D eigenvalue weighted by Crippen LogP contribution is -2.17. The van der Waals surface area contributed by atoms with E-state index in [2.05, 4.69) is 10.6 Å². The first-order valence-electron chi connectivity index (χ1n) is 7.97. The van der Waals surface area contributed by atoms with Gasteiger partial charge in [-0.1, -0.05) is 59.1 Å². The molecule has 2 amide bonds. The Balaban J connectivity index is 1.93. The minimum absolute atomic E-state index is 0.0206. The highest BCUT2D eigenvalue weighted by atomic mass is 35.5. The molecule has 0 heterocycles. The number of anilines is 2. The lowest BCUT2D eigenvalue weighted by Gasteiger charge is -2.14. The molecule has 0 bridgehead atoms. The summed E-state index contributed by atoms with van der Waals surface area (Å²) in [4.78, 5) is 25.0. The lowest BCUT2D eigenvalue weighted by molar-refractivity contribution is 0.101. The van der Waals surface area contributed by atoms with Crippen molar-refractivity contribution in [1.29, 1.82) is 0 Å². The summed E-state index contributed by atoms with van der Waals surface area (Å²) < 4.78 is 14.0. The molecule has 0 aliphatic carbocycles. The SMILES string of the molecule is O=C(Nc1cc(F)c(Cl)cc1NC(=O)c1ccccc1Cl)c1ccccc1Cl. The summed E-state index contributed by atoms with van der Waals surface area (Å²) >= 11 is 17.9. The highest BCUT2D eigenvalue weighted by molar-refractivity contribution is 6.35. The molecule has 3 rings (SSSR count). The summed E-state index contributed by atoms with van der Waals surface area (Å²) in [5, 5.41) is 5.38. The Morgan fingerprint density at radius 1 is 0.679 bits per heavy atom. The molecule has 4 nitrogen and oxygen atoms in total. The third kappa shape index (κ3) is 4.44. The van der Waals surface area contributed by atoms with Gasteiger partial charge in [0.05, 0.1) is 37.6 Å². The monoisotopic (exact) mass is 436 g/mol. The van der Waals surface area contributed by atoms with Crippen LogP contribution in [0.2, 0.25) is 15.1 Å². The predicted molar refractivity (Wildman–Crippen MR) is 110 cm³/mol. The highest BCUT2D eigenvalue weighted by Gasteiger charge is 2.17. The van der Waals surface area contributed by atoms with Crippen molar-refractivity contribution in [2.75, 3.05) is 10.6 Å². The Hall–Kier alpha value is -2.60. The number of benzene rings is 3. The molecule has 3 aromatic rings. The lowest BCUT2D eigenvalue weighted by atomic mass is 10.1. The van der Waals surface area contributed by atoms with E-state index in [9.17, 15) is 14.0 Å². The Bertz CT molecular complexity index is 989. The summed E-state index contributed by atoms with van der Waals surface area (Å²) in [6.07, 6.45) is 0. The van der Waals surface area contributed by atoms with Crippen LogP contribution in [0.1, 0.15) is 20.7 Å². The molecule has 0 aliphatic heterocycles. The number of halogens is 4. The number of carbonyl (C=O) groups excluding carboxylic acids is 2. The van der Waals surface area contributed by atoms with Gasteiger partial charge in [-0.25, -0.2) is 4.39 Å². The summed E-state index contributed by atoms with van der Waals surface area (Å²) in [6.45, 7) is 0. The molecule has 0 fully saturated rings. The van der Waals surface area contributed by atoms with Crippen molar-refractivity contribution in [3.05, 3.63) is 92.7 Å². The molecule has 0 aromatic heterocycles. The van der Waals surface area contributed by atoms with Crippen LogP contribution < -0.4 is 10.6 Å². The molecule has 28 heavy (non-hydrogen) atoms. The number of amides is 2. The van der Waals surface area contributed by atoms with E-state index < -0.39 is 17.6 Å². The molecule has 142 valence electrons. The van der Waals surface area contributed by atoms with Crippen molar-refractivity contribution < 1.29 is 14.0 Å². The van der Waals surface area contributed by atoms with Gasteiger partial charge in [-0.15, -0.1) is 0 Å². The van der Waals surface area contributed by atoms with Gasteiger partial charge in [0.15, 0.2) is 0 Å². The standard InChI is InChI=1S/C20H12Cl3FN2O2/c21-13-7-3-1-5-11(13)19(27)25-17-9-15(23)16(24)10-18(17)26-20(28)12-6-2-4-8-14(12)22/h1-10H,(H,25,27)(H,26,28). The van der Waals surface area contributed by atoms with Crippen molar-refractivity contribution in [2.24, 2.45) is 0 Å². The molecule has 0 spiro atoms. The Kier molecular flexibility index (Phi) is 6.19. The van der Waals surface area contributed by atoms with Crippen LogP contribution in [-0.2, 0) is 0 Å². The minimum atomic E-state index is -0.758. The molecule has 0 saturated heterocycles. The third-order valence-corrected chi connectivity index (χ3v) is 4.74. The maximum Gasteiger partial charge on any atom is 0.257 e. The first-order valence-corrected chi connectivity index (χ1v) is 9.11. The van der Waals surface area contributed by atoms with Crippen molar-refractivity contribution in [2.45, 2.75) is 0 Å². The Morgan fingerprint density at radius 3 is 1.57 bits per heavy atom. The minimum Gasteiger partial charge on any atom is -0.320 e. The van der Waals surface area contributed by atoms with E-state index in [1.165, 1.54) is 18.2 Å². The second kappa shape index (κ2) is 8.61. The molecular formula is C20H12Cl3FN2O2. The van der Waals surface area contributed by atoms with E-state index >= 15 is 0 Å². The quantitative estimate of drug-likeness (QED) is 0.504. The molecule has 8 heteroatoms. The van der Waals surface area contributed by atoms with E-state index in [4.69, 9.17) is 34.8 Å². The van der Waals surface area contributed by atoms with Crippen LogP contribution in [0.25, 0.3) is 0 Å². The zero-order chi connectivity index (χ0) is 20.3. The van der Waals surface area contributed by atoms with Crippen LogP contribution in [0.15, 0.2) is 60.7 Å². The van der Waals surface area contributed by atoms with Gasteiger partial charge in [-0.2, -0.15) is 0 Å². The van der Waals surface area contributed by atoms with Crippen LogP contribution in [0.3, 0.4) is 0 Å². The number of nitrogens with one attached hydrogen (secondary N) is 2. The molecule has 2 N–H and O–H groups in total. The van der Waals surface area contributed by atoms with Gasteiger partial charge in [-0.05, 0) is 30.3 Å². The fourth-order valence-corrected chi connectivity index (χ4v) is 3.03. The van der Waals surface area contributed by atoms with Gasteiger partial charge in [0, 0.05) is 6.07 Å². The summed E-state index contributed by atoms with van der Waals surface area (Å²) in [5.74, 6) is -1.87. The maximum atomic E-state index is 14.0. The average Bonchev–Trinajstić information content (AvgIpc) is 2.66. The number of rotatable bonds is 4. The molecule has 3 aromatic carbocycles. The largest absolute Gasteiger partial charge is 0.320 e. The fraction of sp³-hybridized carbons (Fsp3) is 0. The summed E-state index contributed by atoms with van der Waals surface area (Å²) in [6, 6.07) is 15.0. The molecule has 0 unspecified atom stereocenters. The average molecular weight is 438 g/mol. The van der Waals surface area contributed by atoms with Crippen molar-refractivity contribution in [3.8, 4) is 0 Å². The topological polar surface area (TPSA) is 58.2 Å². The van der Waals surface area contributed by atoms with Crippen LogP contribution in [-0.4, -0.2) is 11.8 Å². The zero-order valence-electron chi connectivity index (χ0n) is 14.1. The van der Waals surface area contributed by atoms with E-state index in [0.29, 0.717) is 0 Å². The van der Waals surface area contributed by atoms with Crippen LogP contribution >= 0.6 is 34.8 Å². The second-order valence-electron chi connectivity index (χ2n) is 5.68. The molecule has 0 radical (unpaired) electrons. The van der Waals surface area contributed by atoms with Crippen LogP contribution in [0, 0.1) is 5.82 Å². The molecular weight excluding hydrogens is 426 g/mol. The van der Waals surface area contributed by atoms with E-state index in [0.717, 1.165) is 6.07 Å². The van der Waals surface area contributed by atoms with Crippen molar-refractivity contribution >= 4 is 58.0 Å². The number of carbonyl (C=O) groups is 2. The maximum absolute atomic E-state index is 14.0. The summed E-state index contributed by atoms with van der Waals surface area (Å²) in [5.41, 5.74) is 0.542. The number of hydrogen-bond acceptors (Lipinski definition) is 2. The molecule has 0 aliphatic rings. The van der Waals surface area contributed by atoms with Gasteiger partial charge >= 0.3 is 0 Å². The zero-order valence-corrected chi connectivity index (χ0v) is 16.4.